The van der Waals surface area contributed by atoms with E-state index in [1.165, 1.54) is 6.20 Å². The summed E-state index contributed by atoms with van der Waals surface area (Å²) in [6, 6.07) is 0. The zero-order valence-corrected chi connectivity index (χ0v) is 6.10. The highest BCUT2D eigenvalue weighted by molar-refractivity contribution is 5.76. The smallest absolute Gasteiger partial charge is 0.224 e. The molecule has 4 N–H and O–H groups in total. The van der Waals surface area contributed by atoms with Crippen molar-refractivity contribution in [3.8, 4) is 0 Å². The first-order valence-electron chi connectivity index (χ1n) is 2.82. The minimum atomic E-state index is -0.00935. The van der Waals surface area contributed by atoms with Crippen LogP contribution in [0.1, 0.15) is 12.8 Å². The Bertz CT molecular complexity index is 121. The van der Waals surface area contributed by atoms with Gasteiger partial charge in [0.2, 0.25) is 5.91 Å². The van der Waals surface area contributed by atoms with Crippen LogP contribution in [0.3, 0.4) is 0 Å². The Hall–Kier alpha value is -1.09. The van der Waals surface area contributed by atoms with Crippen molar-refractivity contribution in [3.05, 3.63) is 25.4 Å². The molecule has 1 amide bonds. The Morgan fingerprint density at radius 3 is 2.50 bits per heavy atom. The van der Waals surface area contributed by atoms with E-state index in [1.54, 1.807) is 6.08 Å². The molecule has 0 atom stereocenters. The van der Waals surface area contributed by atoms with Crippen molar-refractivity contribution < 1.29 is 4.79 Å². The molecule has 0 aliphatic heterocycles. The molecule has 0 fully saturated rings. The number of amides is 1. The molecule has 0 spiro atoms. The average Bonchev–Trinajstić information content (AvgIpc) is 1.85. The zero-order valence-electron chi connectivity index (χ0n) is 6.10. The van der Waals surface area contributed by atoms with Gasteiger partial charge in [-0.1, -0.05) is 12.7 Å². The Morgan fingerprint density at radius 2 is 2.10 bits per heavy atom. The van der Waals surface area contributed by atoms with Crippen LogP contribution in [0.2, 0.25) is 0 Å². The van der Waals surface area contributed by atoms with Gasteiger partial charge in [-0.05, 0) is 12.6 Å². The third kappa shape index (κ3) is 6.91. The molecule has 0 saturated carbocycles. The summed E-state index contributed by atoms with van der Waals surface area (Å²) in [5.41, 5.74) is 0. The highest BCUT2D eigenvalue weighted by Gasteiger charge is 1.92. The van der Waals surface area contributed by atoms with Gasteiger partial charge >= 0.3 is 0 Å². The molecule has 0 aromatic carbocycles. The van der Waals surface area contributed by atoms with E-state index in [0.717, 1.165) is 6.42 Å². The van der Waals surface area contributed by atoms with E-state index >= 15 is 0 Å². The molecular formula is C7H14N2O. The molecule has 3 heteroatoms. The Balaban J connectivity index is 0. The van der Waals surface area contributed by atoms with E-state index in [2.05, 4.69) is 18.5 Å². The Kier molecular flexibility index (Phi) is 9.24. The summed E-state index contributed by atoms with van der Waals surface area (Å²) in [4.78, 5) is 10.6. The molecule has 0 rings (SSSR count). The van der Waals surface area contributed by atoms with Gasteiger partial charge < -0.3 is 11.5 Å². The van der Waals surface area contributed by atoms with Crippen LogP contribution in [0.5, 0.6) is 0 Å². The van der Waals surface area contributed by atoms with Crippen molar-refractivity contribution in [1.82, 2.24) is 11.5 Å². The molecule has 3 nitrogen and oxygen atoms in total. The summed E-state index contributed by atoms with van der Waals surface area (Å²) in [6.07, 6.45) is 4.31. The van der Waals surface area contributed by atoms with Crippen LogP contribution in [0, 0.1) is 0 Å². The summed E-state index contributed by atoms with van der Waals surface area (Å²) in [6.45, 7) is 6.84. The molecule has 0 aliphatic carbocycles. The third-order valence-electron chi connectivity index (χ3n) is 0.839. The summed E-state index contributed by atoms with van der Waals surface area (Å²) in [7, 11) is 0. The van der Waals surface area contributed by atoms with Crippen LogP contribution in [-0.4, -0.2) is 5.91 Å². The standard InChI is InChI=1S/C7H11NO.H3N/c1-3-5-6-7(9)8-4-2;/h3-4H,1-2,5-6H2,(H,8,9);1H3. The minimum absolute atomic E-state index is 0. The molecule has 0 unspecified atom stereocenters. The highest BCUT2D eigenvalue weighted by Crippen LogP contribution is 1.87. The van der Waals surface area contributed by atoms with Crippen molar-refractivity contribution >= 4 is 5.91 Å². The van der Waals surface area contributed by atoms with Gasteiger partial charge in [0.15, 0.2) is 0 Å². The zero-order chi connectivity index (χ0) is 7.11. The molecule has 0 heterocycles. The van der Waals surface area contributed by atoms with Gasteiger partial charge in [0, 0.05) is 6.42 Å². The molecule has 0 radical (unpaired) electrons. The molecule has 0 aliphatic rings. The monoisotopic (exact) mass is 142 g/mol. The Labute approximate surface area is 61.4 Å². The second-order valence-corrected chi connectivity index (χ2v) is 1.60. The predicted molar refractivity (Wildman–Crippen MR) is 42.8 cm³/mol. The first-order valence-corrected chi connectivity index (χ1v) is 2.82. The first kappa shape index (κ1) is 11.7. The van der Waals surface area contributed by atoms with Crippen molar-refractivity contribution in [2.75, 3.05) is 0 Å². The van der Waals surface area contributed by atoms with Crippen molar-refractivity contribution in [3.63, 3.8) is 0 Å². The van der Waals surface area contributed by atoms with E-state index in [9.17, 15) is 4.79 Å². The Morgan fingerprint density at radius 1 is 1.50 bits per heavy atom. The minimum Gasteiger partial charge on any atom is -0.344 e. The first-order chi connectivity index (χ1) is 4.31. The SMILES string of the molecule is C=CCCC(=O)NC=C.N. The number of rotatable bonds is 4. The summed E-state index contributed by atoms with van der Waals surface area (Å²) in [5.74, 6) is -0.00935. The third-order valence-corrected chi connectivity index (χ3v) is 0.839. The van der Waals surface area contributed by atoms with Crippen LogP contribution in [-0.2, 0) is 4.79 Å². The van der Waals surface area contributed by atoms with Gasteiger partial charge in [-0.3, -0.25) is 4.79 Å². The second-order valence-electron chi connectivity index (χ2n) is 1.60. The van der Waals surface area contributed by atoms with E-state index in [1.807, 2.05) is 0 Å². The average molecular weight is 142 g/mol. The van der Waals surface area contributed by atoms with Crippen LogP contribution >= 0.6 is 0 Å². The summed E-state index contributed by atoms with van der Waals surface area (Å²) >= 11 is 0. The van der Waals surface area contributed by atoms with Gasteiger partial charge in [-0.2, -0.15) is 0 Å². The number of carbonyl (C=O) groups excluding carboxylic acids is 1. The number of allylic oxidation sites excluding steroid dienone is 1. The van der Waals surface area contributed by atoms with Crippen LogP contribution in [0.4, 0.5) is 0 Å². The van der Waals surface area contributed by atoms with Crippen molar-refractivity contribution in [2.45, 2.75) is 12.8 Å². The fourth-order valence-corrected chi connectivity index (χ4v) is 0.419. The lowest BCUT2D eigenvalue weighted by atomic mass is 10.3. The van der Waals surface area contributed by atoms with E-state index in [-0.39, 0.29) is 12.1 Å². The van der Waals surface area contributed by atoms with E-state index in [4.69, 9.17) is 0 Å². The highest BCUT2D eigenvalue weighted by atomic mass is 16.1. The number of hydrogen-bond acceptors (Lipinski definition) is 2. The predicted octanol–water partition coefficient (Wildman–Crippen LogP) is 1.37. The molecular weight excluding hydrogens is 128 g/mol. The molecule has 0 aromatic heterocycles. The normalized spacial score (nSPS) is 7.20. The summed E-state index contributed by atoms with van der Waals surface area (Å²) in [5, 5.41) is 2.46. The largest absolute Gasteiger partial charge is 0.344 e. The van der Waals surface area contributed by atoms with Gasteiger partial charge in [-0.15, -0.1) is 6.58 Å². The maximum absolute atomic E-state index is 10.6. The van der Waals surface area contributed by atoms with Gasteiger partial charge in [0.1, 0.15) is 0 Å². The van der Waals surface area contributed by atoms with Crippen LogP contribution in [0.15, 0.2) is 25.4 Å². The number of nitrogens with one attached hydrogen (secondary N) is 1. The molecule has 10 heavy (non-hydrogen) atoms. The van der Waals surface area contributed by atoms with Crippen molar-refractivity contribution in [1.29, 1.82) is 0 Å². The maximum Gasteiger partial charge on any atom is 0.224 e. The molecule has 0 saturated heterocycles. The lowest BCUT2D eigenvalue weighted by Gasteiger charge is -1.93. The van der Waals surface area contributed by atoms with Gasteiger partial charge in [0.25, 0.3) is 0 Å². The van der Waals surface area contributed by atoms with Gasteiger partial charge in [0.05, 0.1) is 0 Å². The maximum atomic E-state index is 10.6. The van der Waals surface area contributed by atoms with E-state index in [0.29, 0.717) is 6.42 Å². The quantitative estimate of drug-likeness (QED) is 0.582. The fourth-order valence-electron chi connectivity index (χ4n) is 0.419. The van der Waals surface area contributed by atoms with Gasteiger partial charge in [-0.25, -0.2) is 0 Å². The fraction of sp³-hybridized carbons (Fsp3) is 0.286. The molecule has 58 valence electrons. The molecule has 0 aromatic rings. The summed E-state index contributed by atoms with van der Waals surface area (Å²) < 4.78 is 0. The van der Waals surface area contributed by atoms with E-state index < -0.39 is 0 Å². The number of carbonyl (C=O) groups is 1. The lowest BCUT2D eigenvalue weighted by molar-refractivity contribution is -0.120. The van der Waals surface area contributed by atoms with Crippen LogP contribution in [0.25, 0.3) is 0 Å². The molecule has 0 bridgehead atoms. The number of hydrogen-bond donors (Lipinski definition) is 2. The van der Waals surface area contributed by atoms with Crippen molar-refractivity contribution in [2.24, 2.45) is 0 Å². The lowest BCUT2D eigenvalue weighted by Crippen LogP contribution is -2.15. The second kappa shape index (κ2) is 7.91. The van der Waals surface area contributed by atoms with Crippen LogP contribution < -0.4 is 11.5 Å². The topological polar surface area (TPSA) is 64.1 Å².